The maximum absolute atomic E-state index is 10.3. The quantitative estimate of drug-likeness (QED) is 0.742. The van der Waals surface area contributed by atoms with Crippen LogP contribution in [0.3, 0.4) is 0 Å². The Morgan fingerprint density at radius 2 is 1.80 bits per heavy atom. The van der Waals surface area contributed by atoms with E-state index in [9.17, 15) is 5.11 Å². The van der Waals surface area contributed by atoms with Crippen LogP contribution in [0.2, 0.25) is 0 Å². The Bertz CT molecular complexity index is 941. The maximum Gasteiger partial charge on any atom is 0.159 e. The summed E-state index contributed by atoms with van der Waals surface area (Å²) in [7, 11) is 0. The molecule has 2 heterocycles. The lowest BCUT2D eigenvalue weighted by Gasteiger charge is -2.24. The first-order valence-electron chi connectivity index (χ1n) is 8.68. The highest BCUT2D eigenvalue weighted by Gasteiger charge is 2.29. The molecule has 0 saturated carbocycles. The molecule has 0 spiro atoms. The number of phenols is 1. The fraction of sp³-hybridized carbons (Fsp3) is 0.238. The zero-order valence-corrected chi connectivity index (χ0v) is 14.5. The molecule has 1 atom stereocenters. The van der Waals surface area contributed by atoms with Gasteiger partial charge in [0.15, 0.2) is 5.82 Å². The van der Waals surface area contributed by atoms with Crippen molar-refractivity contribution < 1.29 is 5.11 Å². The zero-order chi connectivity index (χ0) is 17.4. The largest absolute Gasteiger partial charge is 0.508 e. The highest BCUT2D eigenvalue weighted by atomic mass is 16.3. The summed E-state index contributed by atoms with van der Waals surface area (Å²) in [6, 6.07) is 17.8. The van der Waals surface area contributed by atoms with Gasteiger partial charge in [0.1, 0.15) is 5.75 Å². The summed E-state index contributed by atoms with van der Waals surface area (Å²) < 4.78 is 1.99. The number of hydrogen-bond donors (Lipinski definition) is 1. The molecule has 4 rings (SSSR count). The molecule has 1 aliphatic heterocycles. The Morgan fingerprint density at radius 1 is 1.08 bits per heavy atom. The number of aliphatic imine (C=N–C) groups is 1. The molecular weight excluding hydrogens is 310 g/mol. The molecule has 0 amide bonds. The summed E-state index contributed by atoms with van der Waals surface area (Å²) in [6.45, 7) is 4.16. The van der Waals surface area contributed by atoms with Gasteiger partial charge >= 0.3 is 0 Å². The van der Waals surface area contributed by atoms with Gasteiger partial charge in [-0.3, -0.25) is 0 Å². The van der Waals surface area contributed by atoms with E-state index in [1.807, 2.05) is 48.0 Å². The van der Waals surface area contributed by atoms with Gasteiger partial charge in [0.05, 0.1) is 11.7 Å². The van der Waals surface area contributed by atoms with Gasteiger partial charge in [-0.15, -0.1) is 0 Å². The first-order valence-corrected chi connectivity index (χ1v) is 8.68. The first-order chi connectivity index (χ1) is 12.2. The molecule has 0 radical (unpaired) electrons. The summed E-state index contributed by atoms with van der Waals surface area (Å²) in [6.07, 6.45) is 1.59. The van der Waals surface area contributed by atoms with Gasteiger partial charge in [-0.25, -0.2) is 9.67 Å². The fourth-order valence-corrected chi connectivity index (χ4v) is 3.55. The second kappa shape index (κ2) is 6.20. The predicted octanol–water partition coefficient (Wildman–Crippen LogP) is 4.90. The molecule has 1 N–H and O–H groups in total. The first kappa shape index (κ1) is 15.6. The van der Waals surface area contributed by atoms with Crippen molar-refractivity contribution in [3.05, 3.63) is 65.9 Å². The molecule has 1 aromatic heterocycles. The van der Waals surface area contributed by atoms with Gasteiger partial charge in [0.2, 0.25) is 0 Å². The minimum absolute atomic E-state index is 0.0311. The lowest BCUT2D eigenvalue weighted by Crippen LogP contribution is -2.19. The standard InChI is InChI=1S/C21H21N3O/c1-3-17-20(15-9-5-4-6-10-15)21-22-14(2)13-18(24(21)23-17)16-11-7-8-12-19(16)25/h4-12,18,25H,3,13H2,1-2H3/t18-/m1/s1. The van der Waals surface area contributed by atoms with Crippen LogP contribution in [-0.4, -0.2) is 20.6 Å². The molecule has 4 nitrogen and oxygen atoms in total. The summed E-state index contributed by atoms with van der Waals surface area (Å²) in [5.41, 5.74) is 5.22. The number of rotatable bonds is 3. The van der Waals surface area contributed by atoms with Crippen LogP contribution < -0.4 is 0 Å². The highest BCUT2D eigenvalue weighted by Crippen LogP contribution is 2.42. The summed E-state index contributed by atoms with van der Waals surface area (Å²) in [4.78, 5) is 4.83. The van der Waals surface area contributed by atoms with Crippen LogP contribution in [-0.2, 0) is 6.42 Å². The monoisotopic (exact) mass is 331 g/mol. The van der Waals surface area contributed by atoms with E-state index in [-0.39, 0.29) is 6.04 Å². The van der Waals surface area contributed by atoms with Crippen molar-refractivity contribution >= 4 is 11.5 Å². The van der Waals surface area contributed by atoms with Crippen molar-refractivity contribution in [3.8, 4) is 16.9 Å². The van der Waals surface area contributed by atoms with Gasteiger partial charge in [0, 0.05) is 23.3 Å². The van der Waals surface area contributed by atoms with E-state index in [0.717, 1.165) is 46.8 Å². The number of aromatic nitrogens is 2. The highest BCUT2D eigenvalue weighted by molar-refractivity contribution is 5.90. The van der Waals surface area contributed by atoms with E-state index in [1.165, 1.54) is 0 Å². The van der Waals surface area contributed by atoms with E-state index < -0.39 is 0 Å². The number of benzene rings is 2. The van der Waals surface area contributed by atoms with E-state index in [0.29, 0.717) is 5.75 Å². The number of fused-ring (bicyclic) bond motifs is 1. The van der Waals surface area contributed by atoms with E-state index in [1.54, 1.807) is 6.07 Å². The Morgan fingerprint density at radius 3 is 2.52 bits per heavy atom. The molecule has 25 heavy (non-hydrogen) atoms. The van der Waals surface area contributed by atoms with Crippen molar-refractivity contribution in [1.82, 2.24) is 9.78 Å². The van der Waals surface area contributed by atoms with Crippen LogP contribution in [0, 0.1) is 0 Å². The van der Waals surface area contributed by atoms with Gasteiger partial charge < -0.3 is 5.11 Å². The Balaban J connectivity index is 1.94. The molecule has 0 aliphatic carbocycles. The van der Waals surface area contributed by atoms with Crippen LogP contribution in [0.15, 0.2) is 59.6 Å². The molecule has 1 aliphatic rings. The van der Waals surface area contributed by atoms with Crippen LogP contribution in [0.4, 0.5) is 5.82 Å². The van der Waals surface area contributed by atoms with Gasteiger partial charge in [-0.2, -0.15) is 5.10 Å². The van der Waals surface area contributed by atoms with Gasteiger partial charge in [-0.1, -0.05) is 55.5 Å². The number of aromatic hydroxyl groups is 1. The zero-order valence-electron chi connectivity index (χ0n) is 14.5. The topological polar surface area (TPSA) is 50.4 Å². The second-order valence-electron chi connectivity index (χ2n) is 6.44. The minimum Gasteiger partial charge on any atom is -0.508 e. The van der Waals surface area contributed by atoms with Crippen LogP contribution in [0.1, 0.15) is 37.6 Å². The Kier molecular flexibility index (Phi) is 3.88. The van der Waals surface area contributed by atoms with Crippen molar-refractivity contribution in [3.63, 3.8) is 0 Å². The van der Waals surface area contributed by atoms with Crippen molar-refractivity contribution in [2.45, 2.75) is 32.7 Å². The number of nitrogens with zero attached hydrogens (tertiary/aromatic N) is 3. The molecule has 0 bridgehead atoms. The average molecular weight is 331 g/mol. The van der Waals surface area contributed by atoms with Crippen LogP contribution in [0.25, 0.3) is 11.1 Å². The van der Waals surface area contributed by atoms with Crippen LogP contribution in [0.5, 0.6) is 5.75 Å². The molecule has 0 unspecified atom stereocenters. The molecule has 0 saturated heterocycles. The van der Waals surface area contributed by atoms with Gasteiger partial charge in [0.25, 0.3) is 0 Å². The number of para-hydroxylation sites is 1. The Hall–Kier alpha value is -2.88. The predicted molar refractivity (Wildman–Crippen MR) is 101 cm³/mol. The van der Waals surface area contributed by atoms with E-state index in [2.05, 4.69) is 19.1 Å². The lowest BCUT2D eigenvalue weighted by atomic mass is 9.98. The third-order valence-electron chi connectivity index (χ3n) is 4.73. The Labute approximate surface area is 147 Å². The third kappa shape index (κ3) is 2.64. The molecule has 2 aromatic carbocycles. The molecule has 126 valence electrons. The van der Waals surface area contributed by atoms with E-state index >= 15 is 0 Å². The lowest BCUT2D eigenvalue weighted by molar-refractivity contribution is 0.443. The van der Waals surface area contributed by atoms with Crippen LogP contribution >= 0.6 is 0 Å². The normalized spacial score (nSPS) is 16.4. The molecule has 4 heteroatoms. The van der Waals surface area contributed by atoms with Crippen molar-refractivity contribution in [2.75, 3.05) is 0 Å². The summed E-state index contributed by atoms with van der Waals surface area (Å²) in [5.74, 6) is 1.20. The smallest absolute Gasteiger partial charge is 0.159 e. The third-order valence-corrected chi connectivity index (χ3v) is 4.73. The average Bonchev–Trinajstić information content (AvgIpc) is 3.00. The SMILES string of the molecule is CCc1nn2c(c1-c1ccccc1)N=C(C)C[C@@H]2c1ccccc1O. The summed E-state index contributed by atoms with van der Waals surface area (Å²) >= 11 is 0. The number of phenolic OH excluding ortho intramolecular Hbond substituents is 1. The molecule has 3 aromatic rings. The van der Waals surface area contributed by atoms with Crippen molar-refractivity contribution in [2.24, 2.45) is 4.99 Å². The van der Waals surface area contributed by atoms with Crippen molar-refractivity contribution in [1.29, 1.82) is 0 Å². The van der Waals surface area contributed by atoms with E-state index in [4.69, 9.17) is 10.1 Å². The second-order valence-corrected chi connectivity index (χ2v) is 6.44. The molecule has 0 fully saturated rings. The van der Waals surface area contributed by atoms with Gasteiger partial charge in [-0.05, 0) is 25.0 Å². The summed E-state index contributed by atoms with van der Waals surface area (Å²) in [5, 5.41) is 15.2. The maximum atomic E-state index is 10.3. The molecular formula is C21H21N3O. The number of aryl methyl sites for hydroxylation is 1. The number of hydrogen-bond acceptors (Lipinski definition) is 3. The minimum atomic E-state index is -0.0311. The fourth-order valence-electron chi connectivity index (χ4n) is 3.55.